The first-order valence-corrected chi connectivity index (χ1v) is 12.7. The Labute approximate surface area is 217 Å². The van der Waals surface area contributed by atoms with Gasteiger partial charge in [0, 0.05) is 37.4 Å². The van der Waals surface area contributed by atoms with Gasteiger partial charge in [0.2, 0.25) is 0 Å². The van der Waals surface area contributed by atoms with Crippen LogP contribution in [-0.4, -0.2) is 62.5 Å². The number of hydrogen-bond donors (Lipinski definition) is 0. The molecule has 4 rings (SSSR count). The van der Waals surface area contributed by atoms with E-state index < -0.39 is 11.4 Å². The smallest absolute Gasteiger partial charge is 0.410 e. The highest BCUT2D eigenvalue weighted by Gasteiger charge is 2.26. The van der Waals surface area contributed by atoms with Gasteiger partial charge in [0.25, 0.3) is 5.91 Å². The van der Waals surface area contributed by atoms with Crippen LogP contribution >= 0.6 is 0 Å². The molecule has 0 fully saturated rings. The van der Waals surface area contributed by atoms with Crippen LogP contribution in [0.5, 0.6) is 0 Å². The average Bonchev–Trinajstić information content (AvgIpc) is 3.31. The molecule has 0 spiro atoms. The molecule has 3 aromatic rings. The van der Waals surface area contributed by atoms with E-state index in [4.69, 9.17) is 4.74 Å². The molecule has 8 heteroatoms. The molecule has 1 aliphatic rings. The Morgan fingerprint density at radius 1 is 1.19 bits per heavy atom. The maximum atomic E-state index is 14.4. The standard InChI is InChI=1S/C29H35FN4O3/c1-7-34(19(2)3)27(35)25-15-22(30)8-9-23(25)24-14-21(17-33-18-31-16-26(24)33)20-10-12-32(13-11-20)28(36)37-29(4,5)6/h8-10,14-19H,7,11-13H2,1-6H3. The van der Waals surface area contributed by atoms with Crippen molar-refractivity contribution in [1.29, 1.82) is 0 Å². The van der Waals surface area contributed by atoms with Gasteiger partial charge in [-0.05, 0) is 82.9 Å². The van der Waals surface area contributed by atoms with Crippen LogP contribution in [0.15, 0.2) is 49.1 Å². The van der Waals surface area contributed by atoms with Gasteiger partial charge in [-0.2, -0.15) is 0 Å². The maximum absolute atomic E-state index is 14.4. The lowest BCUT2D eigenvalue weighted by Gasteiger charge is -2.30. The Morgan fingerprint density at radius 2 is 1.95 bits per heavy atom. The van der Waals surface area contributed by atoms with Crippen molar-refractivity contribution >= 4 is 23.1 Å². The van der Waals surface area contributed by atoms with Gasteiger partial charge in [-0.25, -0.2) is 14.2 Å². The molecule has 196 valence electrons. The third kappa shape index (κ3) is 5.68. The summed E-state index contributed by atoms with van der Waals surface area (Å²) in [5, 5.41) is 0. The SMILES string of the molecule is CCN(C(=O)c1cc(F)ccc1-c1cc(C2=CCN(C(=O)OC(C)(C)C)CC2)cn2cncc12)C(C)C. The van der Waals surface area contributed by atoms with Gasteiger partial charge in [0.15, 0.2) is 0 Å². The van der Waals surface area contributed by atoms with E-state index in [0.29, 0.717) is 37.2 Å². The molecule has 0 atom stereocenters. The first-order chi connectivity index (χ1) is 17.5. The van der Waals surface area contributed by atoms with E-state index in [0.717, 1.165) is 22.2 Å². The van der Waals surface area contributed by atoms with Crippen LogP contribution in [0.25, 0.3) is 22.2 Å². The largest absolute Gasteiger partial charge is 0.444 e. The maximum Gasteiger partial charge on any atom is 0.410 e. The van der Waals surface area contributed by atoms with E-state index in [2.05, 4.69) is 4.98 Å². The number of rotatable bonds is 5. The summed E-state index contributed by atoms with van der Waals surface area (Å²) in [7, 11) is 0. The molecule has 0 aliphatic carbocycles. The third-order valence-corrected chi connectivity index (χ3v) is 6.48. The van der Waals surface area contributed by atoms with Gasteiger partial charge in [0.05, 0.1) is 23.6 Å². The number of pyridine rings is 1. The lowest BCUT2D eigenvalue weighted by Crippen LogP contribution is -2.39. The zero-order valence-electron chi connectivity index (χ0n) is 22.4. The molecule has 0 saturated carbocycles. The minimum Gasteiger partial charge on any atom is -0.444 e. The van der Waals surface area contributed by atoms with E-state index >= 15 is 0 Å². The van der Waals surface area contributed by atoms with Crippen LogP contribution in [0, 0.1) is 5.82 Å². The second-order valence-corrected chi connectivity index (χ2v) is 10.6. The van der Waals surface area contributed by atoms with E-state index in [1.54, 1.807) is 28.4 Å². The number of carbonyl (C=O) groups is 2. The lowest BCUT2D eigenvalue weighted by atomic mass is 9.94. The molecule has 2 amide bonds. The zero-order valence-corrected chi connectivity index (χ0v) is 22.4. The molecule has 7 nitrogen and oxygen atoms in total. The number of halogens is 1. The van der Waals surface area contributed by atoms with Gasteiger partial charge in [-0.1, -0.05) is 12.1 Å². The van der Waals surface area contributed by atoms with Crippen molar-refractivity contribution in [2.45, 2.75) is 59.6 Å². The van der Waals surface area contributed by atoms with E-state index in [1.165, 1.54) is 12.1 Å². The number of nitrogens with zero attached hydrogens (tertiary/aromatic N) is 4. The Morgan fingerprint density at radius 3 is 2.57 bits per heavy atom. The quantitative estimate of drug-likeness (QED) is 0.423. The number of fused-ring (bicyclic) bond motifs is 1. The van der Waals surface area contributed by atoms with Gasteiger partial charge in [-0.15, -0.1) is 0 Å². The van der Waals surface area contributed by atoms with Crippen molar-refractivity contribution in [2.24, 2.45) is 0 Å². The third-order valence-electron chi connectivity index (χ3n) is 6.48. The molecular weight excluding hydrogens is 471 g/mol. The van der Waals surface area contributed by atoms with Crippen LogP contribution in [0.2, 0.25) is 0 Å². The van der Waals surface area contributed by atoms with E-state index in [9.17, 15) is 14.0 Å². The minimum atomic E-state index is -0.546. The fourth-order valence-corrected chi connectivity index (χ4v) is 4.67. The fourth-order valence-electron chi connectivity index (χ4n) is 4.67. The van der Waals surface area contributed by atoms with Crippen molar-refractivity contribution < 1.29 is 18.7 Å². The molecule has 2 aromatic heterocycles. The molecule has 0 saturated heterocycles. The summed E-state index contributed by atoms with van der Waals surface area (Å²) in [6.07, 6.45) is 7.83. The number of benzene rings is 1. The summed E-state index contributed by atoms with van der Waals surface area (Å²) in [5.41, 5.74) is 4.11. The predicted molar refractivity (Wildman–Crippen MR) is 143 cm³/mol. The first-order valence-electron chi connectivity index (χ1n) is 12.7. The van der Waals surface area contributed by atoms with Crippen LogP contribution in [0.3, 0.4) is 0 Å². The predicted octanol–water partition coefficient (Wildman–Crippen LogP) is 6.04. The van der Waals surface area contributed by atoms with Gasteiger partial charge >= 0.3 is 6.09 Å². The minimum absolute atomic E-state index is 0.0183. The first kappa shape index (κ1) is 26.4. The Balaban J connectivity index is 1.74. The van der Waals surface area contributed by atoms with Gasteiger partial charge in [0.1, 0.15) is 11.4 Å². The van der Waals surface area contributed by atoms with Crippen molar-refractivity contribution in [3.05, 3.63) is 66.0 Å². The molecular formula is C29H35FN4O3. The Kier molecular flexibility index (Phi) is 7.39. The second kappa shape index (κ2) is 10.4. The lowest BCUT2D eigenvalue weighted by molar-refractivity contribution is 0.0270. The molecule has 0 radical (unpaired) electrons. The highest BCUT2D eigenvalue weighted by atomic mass is 19.1. The summed E-state index contributed by atoms with van der Waals surface area (Å²) in [4.78, 5) is 33.7. The number of ether oxygens (including phenoxy) is 1. The summed E-state index contributed by atoms with van der Waals surface area (Å²) in [6.45, 7) is 12.9. The van der Waals surface area contributed by atoms with Crippen molar-refractivity contribution in [1.82, 2.24) is 19.2 Å². The molecule has 37 heavy (non-hydrogen) atoms. The number of carbonyl (C=O) groups excluding carboxylic acids is 2. The summed E-state index contributed by atoms with van der Waals surface area (Å²) in [5.74, 6) is -0.662. The topological polar surface area (TPSA) is 67.2 Å². The van der Waals surface area contributed by atoms with Crippen molar-refractivity contribution in [2.75, 3.05) is 19.6 Å². The Bertz CT molecular complexity index is 1350. The van der Waals surface area contributed by atoms with Crippen LogP contribution in [0.4, 0.5) is 9.18 Å². The molecule has 1 aliphatic heterocycles. The Hall–Kier alpha value is -3.68. The van der Waals surface area contributed by atoms with Crippen LogP contribution in [-0.2, 0) is 4.74 Å². The second-order valence-electron chi connectivity index (χ2n) is 10.6. The molecule has 0 bridgehead atoms. The average molecular weight is 507 g/mol. The molecule has 3 heterocycles. The highest BCUT2D eigenvalue weighted by molar-refractivity contribution is 6.03. The number of imidazole rings is 1. The zero-order chi connectivity index (χ0) is 26.9. The number of aromatic nitrogens is 2. The number of hydrogen-bond acceptors (Lipinski definition) is 4. The number of amides is 2. The van der Waals surface area contributed by atoms with Crippen LogP contribution < -0.4 is 0 Å². The monoisotopic (exact) mass is 506 g/mol. The van der Waals surface area contributed by atoms with E-state index in [1.807, 2.05) is 64.3 Å². The van der Waals surface area contributed by atoms with Crippen LogP contribution in [0.1, 0.15) is 63.9 Å². The van der Waals surface area contributed by atoms with Crippen molar-refractivity contribution in [3.63, 3.8) is 0 Å². The van der Waals surface area contributed by atoms with Gasteiger partial charge < -0.3 is 18.9 Å². The van der Waals surface area contributed by atoms with Gasteiger partial charge in [-0.3, -0.25) is 4.79 Å². The summed E-state index contributed by atoms with van der Waals surface area (Å²) >= 11 is 0. The fraction of sp³-hybridized carbons (Fsp3) is 0.414. The highest BCUT2D eigenvalue weighted by Crippen LogP contribution is 2.34. The summed E-state index contributed by atoms with van der Waals surface area (Å²) in [6, 6.07) is 6.39. The molecule has 1 aromatic carbocycles. The molecule has 0 N–H and O–H groups in total. The van der Waals surface area contributed by atoms with Crippen molar-refractivity contribution in [3.8, 4) is 11.1 Å². The molecule has 0 unspecified atom stereocenters. The normalized spacial score (nSPS) is 14.2. The van der Waals surface area contributed by atoms with E-state index in [-0.39, 0.29) is 18.0 Å². The summed E-state index contributed by atoms with van der Waals surface area (Å²) < 4.78 is 21.8.